The van der Waals surface area contributed by atoms with Crippen molar-refractivity contribution in [1.82, 2.24) is 10.6 Å². The molecular weight excluding hydrogens is 334 g/mol. The lowest BCUT2D eigenvalue weighted by Crippen LogP contribution is -2.37. The summed E-state index contributed by atoms with van der Waals surface area (Å²) in [7, 11) is 3.51. The van der Waals surface area contributed by atoms with Gasteiger partial charge in [0.05, 0.1) is 6.61 Å². The van der Waals surface area contributed by atoms with Crippen molar-refractivity contribution in [1.29, 1.82) is 0 Å². The number of hydrogen-bond donors (Lipinski definition) is 2. The number of aliphatic imine (C=N–C) groups is 1. The summed E-state index contributed by atoms with van der Waals surface area (Å²) in [6.45, 7) is 5.08. The number of nitrogens with zero attached hydrogens (tertiary/aromatic N) is 1. The molecule has 0 spiro atoms. The molecule has 0 fully saturated rings. The van der Waals surface area contributed by atoms with Gasteiger partial charge in [-0.25, -0.2) is 0 Å². The van der Waals surface area contributed by atoms with Crippen LogP contribution in [0.5, 0.6) is 5.75 Å². The van der Waals surface area contributed by atoms with Gasteiger partial charge in [0, 0.05) is 45.8 Å². The molecule has 0 aliphatic carbocycles. The molecule has 0 atom stereocenters. The summed E-state index contributed by atoms with van der Waals surface area (Å²) in [5, 5.41) is 6.73. The monoisotopic (exact) mass is 367 g/mol. The SMILES string of the molecule is CN=C(NCCCCSC)NCc1ccc(C)cc1OCCCOC. The average molecular weight is 368 g/mol. The third-order valence-electron chi connectivity index (χ3n) is 3.71. The zero-order chi connectivity index (χ0) is 18.3. The van der Waals surface area contributed by atoms with E-state index in [4.69, 9.17) is 9.47 Å². The lowest BCUT2D eigenvalue weighted by atomic mass is 10.1. The maximum atomic E-state index is 5.93. The fraction of sp³-hybridized carbons (Fsp3) is 0.632. The van der Waals surface area contributed by atoms with Crippen molar-refractivity contribution in [2.45, 2.75) is 32.7 Å². The molecule has 6 heteroatoms. The van der Waals surface area contributed by atoms with Crippen LogP contribution in [0.4, 0.5) is 0 Å². The summed E-state index contributed by atoms with van der Waals surface area (Å²) in [6, 6.07) is 6.31. The van der Waals surface area contributed by atoms with Gasteiger partial charge in [0.15, 0.2) is 5.96 Å². The molecule has 1 aromatic rings. The second kappa shape index (κ2) is 13.8. The number of benzene rings is 1. The maximum absolute atomic E-state index is 5.93. The van der Waals surface area contributed by atoms with Crippen molar-refractivity contribution in [3.8, 4) is 5.75 Å². The second-order valence-corrected chi connectivity index (χ2v) is 6.84. The van der Waals surface area contributed by atoms with Crippen LogP contribution >= 0.6 is 11.8 Å². The summed E-state index contributed by atoms with van der Waals surface area (Å²) in [5.41, 5.74) is 2.33. The van der Waals surface area contributed by atoms with Crippen LogP contribution in [0.15, 0.2) is 23.2 Å². The number of nitrogens with one attached hydrogen (secondary N) is 2. The molecule has 0 aromatic heterocycles. The Bertz CT molecular complexity index is 509. The van der Waals surface area contributed by atoms with Gasteiger partial charge < -0.3 is 20.1 Å². The minimum Gasteiger partial charge on any atom is -0.493 e. The Morgan fingerprint density at radius 1 is 1.16 bits per heavy atom. The minimum atomic E-state index is 0.659. The summed E-state index contributed by atoms with van der Waals surface area (Å²) < 4.78 is 11.0. The fourth-order valence-corrected chi connectivity index (χ4v) is 2.80. The quantitative estimate of drug-likeness (QED) is 0.337. The van der Waals surface area contributed by atoms with Crippen LogP contribution in [0.2, 0.25) is 0 Å². The highest BCUT2D eigenvalue weighted by Crippen LogP contribution is 2.20. The van der Waals surface area contributed by atoms with Crippen molar-refractivity contribution < 1.29 is 9.47 Å². The van der Waals surface area contributed by atoms with Gasteiger partial charge >= 0.3 is 0 Å². The predicted octanol–water partition coefficient (Wildman–Crippen LogP) is 3.22. The molecule has 0 unspecified atom stereocenters. The molecule has 0 amide bonds. The van der Waals surface area contributed by atoms with Gasteiger partial charge in [-0.1, -0.05) is 12.1 Å². The van der Waals surface area contributed by atoms with Gasteiger partial charge in [0.25, 0.3) is 0 Å². The first kappa shape index (κ1) is 21.6. The van der Waals surface area contributed by atoms with Crippen molar-refractivity contribution in [3.05, 3.63) is 29.3 Å². The first-order valence-electron chi connectivity index (χ1n) is 8.86. The van der Waals surface area contributed by atoms with Crippen LogP contribution in [-0.4, -0.2) is 51.9 Å². The molecule has 1 aromatic carbocycles. The molecule has 1 rings (SSSR count). The van der Waals surface area contributed by atoms with Crippen LogP contribution in [0.3, 0.4) is 0 Å². The molecule has 25 heavy (non-hydrogen) atoms. The summed E-state index contributed by atoms with van der Waals surface area (Å²) >= 11 is 1.89. The number of rotatable bonds is 12. The number of guanidine groups is 1. The van der Waals surface area contributed by atoms with Crippen molar-refractivity contribution in [3.63, 3.8) is 0 Å². The number of hydrogen-bond acceptors (Lipinski definition) is 4. The smallest absolute Gasteiger partial charge is 0.191 e. The van der Waals surface area contributed by atoms with E-state index in [1.54, 1.807) is 14.2 Å². The number of ether oxygens (including phenoxy) is 2. The second-order valence-electron chi connectivity index (χ2n) is 5.86. The number of aryl methyl sites for hydroxylation is 1. The largest absolute Gasteiger partial charge is 0.493 e. The van der Waals surface area contributed by atoms with Crippen LogP contribution in [0, 0.1) is 6.92 Å². The summed E-state index contributed by atoms with van der Waals surface area (Å²) in [4.78, 5) is 4.29. The van der Waals surface area contributed by atoms with E-state index in [9.17, 15) is 0 Å². The van der Waals surface area contributed by atoms with Gasteiger partial charge in [0.1, 0.15) is 5.75 Å². The van der Waals surface area contributed by atoms with Gasteiger partial charge in [-0.3, -0.25) is 4.99 Å². The molecule has 0 bridgehead atoms. The van der Waals surface area contributed by atoms with Crippen LogP contribution < -0.4 is 15.4 Å². The Hall–Kier alpha value is -1.40. The normalized spacial score (nSPS) is 11.4. The predicted molar refractivity (Wildman–Crippen MR) is 109 cm³/mol. The first-order chi connectivity index (χ1) is 12.2. The summed E-state index contributed by atoms with van der Waals surface area (Å²) in [6.07, 6.45) is 5.41. The Morgan fingerprint density at radius 2 is 2.00 bits per heavy atom. The minimum absolute atomic E-state index is 0.659. The molecule has 0 aliphatic rings. The van der Waals surface area contributed by atoms with E-state index in [2.05, 4.69) is 47.0 Å². The number of thioether (sulfide) groups is 1. The molecule has 142 valence electrons. The first-order valence-corrected chi connectivity index (χ1v) is 10.3. The zero-order valence-corrected chi connectivity index (χ0v) is 16.9. The Labute approximate surface area is 157 Å². The lowest BCUT2D eigenvalue weighted by molar-refractivity contribution is 0.172. The standard InChI is InChI=1S/C19H33N3O2S/c1-16-8-9-17(18(14-16)24-12-7-11-23-3)15-22-19(20-2)21-10-5-6-13-25-4/h8-9,14H,5-7,10-13,15H2,1-4H3,(H2,20,21,22). The highest BCUT2D eigenvalue weighted by atomic mass is 32.2. The lowest BCUT2D eigenvalue weighted by Gasteiger charge is -2.15. The number of unbranched alkanes of at least 4 members (excludes halogenated alkanes) is 1. The van der Waals surface area contributed by atoms with Crippen molar-refractivity contribution in [2.75, 3.05) is 45.9 Å². The van der Waals surface area contributed by atoms with Crippen LogP contribution in [0.25, 0.3) is 0 Å². The van der Waals surface area contributed by atoms with Gasteiger partial charge in [-0.05, 0) is 43.4 Å². The Balaban J connectivity index is 2.48. The highest BCUT2D eigenvalue weighted by Gasteiger charge is 2.06. The molecule has 0 saturated heterocycles. The van der Waals surface area contributed by atoms with Gasteiger partial charge in [-0.15, -0.1) is 0 Å². The van der Waals surface area contributed by atoms with Crippen molar-refractivity contribution >= 4 is 17.7 Å². The third-order valence-corrected chi connectivity index (χ3v) is 4.41. The van der Waals surface area contributed by atoms with E-state index in [0.717, 1.165) is 36.7 Å². The topological polar surface area (TPSA) is 54.9 Å². The van der Waals surface area contributed by atoms with Gasteiger partial charge in [-0.2, -0.15) is 11.8 Å². The van der Waals surface area contributed by atoms with E-state index in [0.29, 0.717) is 19.8 Å². The molecule has 5 nitrogen and oxygen atoms in total. The van der Waals surface area contributed by atoms with Crippen LogP contribution in [-0.2, 0) is 11.3 Å². The molecule has 0 heterocycles. The fourth-order valence-electron chi connectivity index (χ4n) is 2.31. The molecule has 2 N–H and O–H groups in total. The highest BCUT2D eigenvalue weighted by molar-refractivity contribution is 7.98. The van der Waals surface area contributed by atoms with E-state index in [-0.39, 0.29) is 0 Å². The van der Waals surface area contributed by atoms with Gasteiger partial charge in [0.2, 0.25) is 0 Å². The molecule has 0 saturated carbocycles. The van der Waals surface area contributed by atoms with E-state index < -0.39 is 0 Å². The van der Waals surface area contributed by atoms with Crippen LogP contribution in [0.1, 0.15) is 30.4 Å². The number of methoxy groups -OCH3 is 1. The summed E-state index contributed by atoms with van der Waals surface area (Å²) in [5.74, 6) is 2.97. The Kier molecular flexibility index (Phi) is 12.0. The molecular formula is C19H33N3O2S. The average Bonchev–Trinajstić information content (AvgIpc) is 2.62. The van der Waals surface area contributed by atoms with E-state index in [1.165, 1.54) is 17.7 Å². The van der Waals surface area contributed by atoms with Crippen molar-refractivity contribution in [2.24, 2.45) is 4.99 Å². The van der Waals surface area contributed by atoms with E-state index >= 15 is 0 Å². The maximum Gasteiger partial charge on any atom is 0.191 e. The molecule has 0 aliphatic heterocycles. The molecule has 0 radical (unpaired) electrons. The zero-order valence-electron chi connectivity index (χ0n) is 16.1. The Morgan fingerprint density at radius 3 is 2.72 bits per heavy atom. The van der Waals surface area contributed by atoms with E-state index in [1.807, 2.05) is 11.8 Å². The third kappa shape index (κ3) is 9.60.